The van der Waals surface area contributed by atoms with Crippen LogP contribution in [0.1, 0.15) is 85.5 Å². The standard InChI is InChI=1S/C18H37O3P/c1-6-7-8-9-10-11-12-13-14-15-16-22(19,20-17(2)3)21-18(4)5/h6,17-18H,1,7-16H2,2-5H3. The summed E-state index contributed by atoms with van der Waals surface area (Å²) < 4.78 is 23.7. The van der Waals surface area contributed by atoms with E-state index in [2.05, 4.69) is 6.58 Å². The number of hydrogen-bond acceptors (Lipinski definition) is 3. The van der Waals surface area contributed by atoms with Gasteiger partial charge in [-0.1, -0.05) is 44.6 Å². The van der Waals surface area contributed by atoms with Gasteiger partial charge in [-0.2, -0.15) is 0 Å². The molecular weight excluding hydrogens is 295 g/mol. The van der Waals surface area contributed by atoms with Crippen molar-refractivity contribution in [3.63, 3.8) is 0 Å². The van der Waals surface area contributed by atoms with Gasteiger partial charge in [0.15, 0.2) is 0 Å². The molecule has 0 aromatic heterocycles. The van der Waals surface area contributed by atoms with Crippen LogP contribution in [-0.4, -0.2) is 18.4 Å². The van der Waals surface area contributed by atoms with Crippen molar-refractivity contribution in [3.05, 3.63) is 12.7 Å². The van der Waals surface area contributed by atoms with Gasteiger partial charge in [-0.3, -0.25) is 4.57 Å². The van der Waals surface area contributed by atoms with Crippen molar-refractivity contribution in [2.45, 2.75) is 97.7 Å². The SMILES string of the molecule is C=CCCCCCCCCCCP(=O)(OC(C)C)OC(C)C. The van der Waals surface area contributed by atoms with Gasteiger partial charge in [0.05, 0.1) is 18.4 Å². The van der Waals surface area contributed by atoms with E-state index in [4.69, 9.17) is 9.05 Å². The molecule has 0 atom stereocenters. The fraction of sp³-hybridized carbons (Fsp3) is 0.889. The fourth-order valence-electron chi connectivity index (χ4n) is 2.43. The lowest BCUT2D eigenvalue weighted by Crippen LogP contribution is -2.10. The molecule has 0 fully saturated rings. The van der Waals surface area contributed by atoms with Gasteiger partial charge in [-0.25, -0.2) is 0 Å². The third-order valence-corrected chi connectivity index (χ3v) is 5.68. The number of rotatable bonds is 15. The highest BCUT2D eigenvalue weighted by Gasteiger charge is 2.26. The Labute approximate surface area is 138 Å². The van der Waals surface area contributed by atoms with Crippen molar-refractivity contribution < 1.29 is 13.6 Å². The second-order valence-electron chi connectivity index (χ2n) is 6.55. The molecule has 0 heterocycles. The summed E-state index contributed by atoms with van der Waals surface area (Å²) >= 11 is 0. The Morgan fingerprint density at radius 1 is 0.818 bits per heavy atom. The van der Waals surface area contributed by atoms with Crippen LogP contribution in [0.4, 0.5) is 0 Å². The Hall–Kier alpha value is -0.110. The average molecular weight is 332 g/mol. The second kappa shape index (κ2) is 13.3. The molecule has 0 unspecified atom stereocenters. The molecule has 0 amide bonds. The lowest BCUT2D eigenvalue weighted by atomic mass is 10.1. The Morgan fingerprint density at radius 2 is 1.23 bits per heavy atom. The largest absolute Gasteiger partial charge is 0.331 e. The van der Waals surface area contributed by atoms with Gasteiger partial charge in [0.1, 0.15) is 0 Å². The first-order chi connectivity index (χ1) is 10.4. The molecule has 0 saturated heterocycles. The molecule has 0 aliphatic heterocycles. The Bertz CT molecular complexity index is 299. The molecule has 22 heavy (non-hydrogen) atoms. The highest BCUT2D eigenvalue weighted by molar-refractivity contribution is 7.53. The second-order valence-corrected chi connectivity index (χ2v) is 8.64. The summed E-state index contributed by atoms with van der Waals surface area (Å²) in [5.41, 5.74) is 0. The normalized spacial score (nSPS) is 12.3. The predicted octanol–water partition coefficient (Wildman–Crippen LogP) is 6.73. The van der Waals surface area contributed by atoms with Crippen molar-refractivity contribution in [2.24, 2.45) is 0 Å². The third kappa shape index (κ3) is 13.5. The fourth-order valence-corrected chi connectivity index (χ4v) is 4.58. The van der Waals surface area contributed by atoms with Crippen LogP contribution >= 0.6 is 7.60 Å². The molecule has 0 aromatic rings. The van der Waals surface area contributed by atoms with Crippen LogP contribution in [0, 0.1) is 0 Å². The van der Waals surface area contributed by atoms with E-state index in [0.717, 1.165) is 19.3 Å². The monoisotopic (exact) mass is 332 g/mol. The van der Waals surface area contributed by atoms with Crippen LogP contribution < -0.4 is 0 Å². The minimum atomic E-state index is -2.91. The third-order valence-electron chi connectivity index (χ3n) is 3.33. The van der Waals surface area contributed by atoms with E-state index < -0.39 is 7.60 Å². The first kappa shape index (κ1) is 21.9. The lowest BCUT2D eigenvalue weighted by Gasteiger charge is -2.22. The maximum Gasteiger partial charge on any atom is 0.331 e. The van der Waals surface area contributed by atoms with Gasteiger partial charge >= 0.3 is 7.60 Å². The van der Waals surface area contributed by atoms with Crippen LogP contribution in [-0.2, 0) is 13.6 Å². The quantitative estimate of drug-likeness (QED) is 0.189. The molecule has 3 nitrogen and oxygen atoms in total. The zero-order chi connectivity index (χ0) is 16.8. The summed E-state index contributed by atoms with van der Waals surface area (Å²) in [6.45, 7) is 11.4. The molecule has 0 saturated carbocycles. The van der Waals surface area contributed by atoms with E-state index in [9.17, 15) is 4.57 Å². The molecule has 0 bridgehead atoms. The average Bonchev–Trinajstić information content (AvgIpc) is 2.39. The molecular formula is C18H37O3P. The molecule has 0 aromatic carbocycles. The zero-order valence-corrected chi connectivity index (χ0v) is 16.1. The van der Waals surface area contributed by atoms with E-state index in [0.29, 0.717) is 6.16 Å². The van der Waals surface area contributed by atoms with Crippen LogP contribution in [0.15, 0.2) is 12.7 Å². The molecule has 0 aliphatic rings. The Morgan fingerprint density at radius 3 is 1.64 bits per heavy atom. The van der Waals surface area contributed by atoms with Gasteiger partial charge in [0, 0.05) is 0 Å². The van der Waals surface area contributed by atoms with Crippen molar-refractivity contribution in [1.82, 2.24) is 0 Å². The summed E-state index contributed by atoms with van der Waals surface area (Å²) in [6.07, 6.45) is 13.3. The lowest BCUT2D eigenvalue weighted by molar-refractivity contribution is 0.142. The number of hydrogen-bond donors (Lipinski definition) is 0. The molecule has 0 spiro atoms. The minimum absolute atomic E-state index is 0.0554. The van der Waals surface area contributed by atoms with E-state index in [1.54, 1.807) is 0 Å². The van der Waals surface area contributed by atoms with Gasteiger partial charge in [-0.15, -0.1) is 6.58 Å². The first-order valence-corrected chi connectivity index (χ1v) is 10.7. The number of allylic oxidation sites excluding steroid dienone is 1. The molecule has 0 radical (unpaired) electrons. The predicted molar refractivity (Wildman–Crippen MR) is 96.7 cm³/mol. The van der Waals surface area contributed by atoms with Crippen LogP contribution in [0.5, 0.6) is 0 Å². The molecule has 132 valence electrons. The Balaban J connectivity index is 3.72. The van der Waals surface area contributed by atoms with Crippen molar-refractivity contribution in [3.8, 4) is 0 Å². The van der Waals surface area contributed by atoms with Crippen molar-refractivity contribution in [1.29, 1.82) is 0 Å². The molecule has 0 N–H and O–H groups in total. The minimum Gasteiger partial charge on any atom is -0.306 e. The van der Waals surface area contributed by atoms with Crippen LogP contribution in [0.2, 0.25) is 0 Å². The summed E-state index contributed by atoms with van der Waals surface area (Å²) in [5, 5.41) is 0. The maximum absolute atomic E-state index is 12.6. The highest BCUT2D eigenvalue weighted by Crippen LogP contribution is 2.51. The Kier molecular flexibility index (Phi) is 13.3. The maximum atomic E-state index is 12.6. The molecule has 0 rings (SSSR count). The van der Waals surface area contributed by atoms with Crippen LogP contribution in [0.25, 0.3) is 0 Å². The summed E-state index contributed by atoms with van der Waals surface area (Å²) in [7, 11) is -2.91. The smallest absolute Gasteiger partial charge is 0.306 e. The highest BCUT2D eigenvalue weighted by atomic mass is 31.2. The zero-order valence-electron chi connectivity index (χ0n) is 15.2. The van der Waals surface area contributed by atoms with Gasteiger partial charge in [0.25, 0.3) is 0 Å². The molecule has 0 aliphatic carbocycles. The van der Waals surface area contributed by atoms with E-state index in [-0.39, 0.29) is 12.2 Å². The van der Waals surface area contributed by atoms with E-state index in [1.165, 1.54) is 38.5 Å². The summed E-state index contributed by atoms with van der Waals surface area (Å²) in [4.78, 5) is 0. The summed E-state index contributed by atoms with van der Waals surface area (Å²) in [6, 6.07) is 0. The van der Waals surface area contributed by atoms with E-state index in [1.807, 2.05) is 33.8 Å². The molecule has 4 heteroatoms. The first-order valence-electron chi connectivity index (χ1n) is 8.96. The van der Waals surface area contributed by atoms with Crippen LogP contribution in [0.3, 0.4) is 0 Å². The number of unbranched alkanes of at least 4 members (excludes halogenated alkanes) is 8. The van der Waals surface area contributed by atoms with Crippen molar-refractivity contribution in [2.75, 3.05) is 6.16 Å². The van der Waals surface area contributed by atoms with Gasteiger partial charge in [-0.05, 0) is 47.0 Å². The van der Waals surface area contributed by atoms with E-state index >= 15 is 0 Å². The topological polar surface area (TPSA) is 35.5 Å². The van der Waals surface area contributed by atoms with Gasteiger partial charge in [0.2, 0.25) is 0 Å². The van der Waals surface area contributed by atoms with Crippen molar-refractivity contribution >= 4 is 7.60 Å². The summed E-state index contributed by atoms with van der Waals surface area (Å²) in [5.74, 6) is 0. The van der Waals surface area contributed by atoms with Gasteiger partial charge < -0.3 is 9.05 Å².